The zero-order chi connectivity index (χ0) is 38.6. The molecule has 0 aliphatic heterocycles. The number of hydrogen-bond acceptors (Lipinski definition) is 14. The monoisotopic (exact) mass is 712 g/mol. The molecule has 2 aliphatic carbocycles. The third kappa shape index (κ3) is 8.78. The van der Waals surface area contributed by atoms with Gasteiger partial charge < -0.3 is 28.4 Å². The van der Waals surface area contributed by atoms with Crippen LogP contribution in [0.25, 0.3) is 0 Å². The highest BCUT2D eigenvalue weighted by molar-refractivity contribution is 5.96. The van der Waals surface area contributed by atoms with Gasteiger partial charge in [-0.3, -0.25) is 33.6 Å². The molecule has 0 amide bonds. The van der Waals surface area contributed by atoms with Crippen molar-refractivity contribution in [2.24, 2.45) is 17.3 Å². The second kappa shape index (κ2) is 15.4. The number of carbonyl (C=O) groups is 8. The Bertz CT molecular complexity index is 1640. The van der Waals surface area contributed by atoms with Crippen molar-refractivity contribution in [3.05, 3.63) is 60.2 Å². The second-order valence-corrected chi connectivity index (χ2v) is 13.5. The molecule has 14 heteroatoms. The molecule has 1 aromatic rings. The number of fused-ring (bicyclic) bond motifs is 1. The van der Waals surface area contributed by atoms with E-state index in [2.05, 4.69) is 6.58 Å². The highest BCUT2D eigenvalue weighted by atomic mass is 16.6. The molecular weight excluding hydrogens is 668 g/mol. The van der Waals surface area contributed by atoms with Crippen molar-refractivity contribution >= 4 is 47.4 Å². The quantitative estimate of drug-likeness (QED) is 0.226. The SMILES string of the molecule is C=C1[C@@H](OC(C)=O)[C@@H]2[C@H](OC(C)=O)[C@@](C)(OC(=O)c3ccccc3)C[C@@]2(OC(C)=O)C(=O)[C@@H](C)C=CC(C)(C)C(=O)[C@@H](OC(C)=O)[C@@H]1OC(C)=O. The predicted octanol–water partition coefficient (Wildman–Crippen LogP) is 3.58. The highest BCUT2D eigenvalue weighted by Gasteiger charge is 2.72. The second-order valence-electron chi connectivity index (χ2n) is 13.5. The van der Waals surface area contributed by atoms with E-state index in [1.165, 1.54) is 52.0 Å². The van der Waals surface area contributed by atoms with E-state index < -0.39 is 112 Å². The molecule has 0 aromatic heterocycles. The maximum absolute atomic E-state index is 14.9. The Kier molecular flexibility index (Phi) is 12.2. The van der Waals surface area contributed by atoms with Crippen molar-refractivity contribution in [2.75, 3.05) is 0 Å². The Morgan fingerprint density at radius 1 is 0.686 bits per heavy atom. The van der Waals surface area contributed by atoms with Gasteiger partial charge in [-0.15, -0.1) is 0 Å². The molecule has 2 aliphatic rings. The molecule has 0 heterocycles. The molecule has 3 rings (SSSR count). The lowest BCUT2D eigenvalue weighted by atomic mass is 9.72. The fraction of sp³-hybridized carbons (Fsp3) is 0.514. The Balaban J connectivity index is 2.52. The Morgan fingerprint density at radius 2 is 1.20 bits per heavy atom. The summed E-state index contributed by atoms with van der Waals surface area (Å²) in [7, 11) is 0. The number of ether oxygens (including phenoxy) is 6. The van der Waals surface area contributed by atoms with Crippen LogP contribution in [0.5, 0.6) is 0 Å². The Labute approximate surface area is 295 Å². The summed E-state index contributed by atoms with van der Waals surface area (Å²) < 4.78 is 34.5. The first kappa shape index (κ1) is 40.3. The zero-order valence-electron chi connectivity index (χ0n) is 30.1. The maximum atomic E-state index is 14.9. The zero-order valence-corrected chi connectivity index (χ0v) is 30.1. The number of esters is 6. The number of ketones is 2. The molecule has 0 saturated heterocycles. The number of rotatable bonds is 7. The summed E-state index contributed by atoms with van der Waals surface area (Å²) in [4.78, 5) is 106. The maximum Gasteiger partial charge on any atom is 0.338 e. The topological polar surface area (TPSA) is 192 Å². The highest BCUT2D eigenvalue weighted by Crippen LogP contribution is 2.54. The van der Waals surface area contributed by atoms with E-state index >= 15 is 0 Å². The van der Waals surface area contributed by atoms with Gasteiger partial charge in [-0.2, -0.15) is 0 Å². The van der Waals surface area contributed by atoms with Gasteiger partial charge in [-0.1, -0.05) is 43.9 Å². The first-order chi connectivity index (χ1) is 23.6. The Morgan fingerprint density at radius 3 is 1.71 bits per heavy atom. The standard InChI is InChI=1S/C37H44O14/c1-19-16-17-35(8,9)32(44)30(48-23(5)40)29(47-22(4)39)20(2)28(46-21(3)38)27-33(49-24(6)41)36(10,18-37(27,31(19)43)50-25(7)42)51-34(45)26-14-12-11-13-15-26/h11-17,19,27-30,33H,2,18H2,1,3-10H3/t19-,27+,28+,29+,30-,33-,36-,37-/m0/s1. The summed E-state index contributed by atoms with van der Waals surface area (Å²) in [5.74, 6) is -10.2. The molecule has 0 unspecified atom stereocenters. The number of Topliss-reactive ketones (excluding diaryl/α,β-unsaturated/α-hetero) is 2. The number of allylic oxidation sites excluding steroid dienone is 2. The molecule has 8 atom stereocenters. The predicted molar refractivity (Wildman–Crippen MR) is 176 cm³/mol. The van der Waals surface area contributed by atoms with Crippen LogP contribution in [0.2, 0.25) is 0 Å². The van der Waals surface area contributed by atoms with Crippen LogP contribution in [0.4, 0.5) is 0 Å². The summed E-state index contributed by atoms with van der Waals surface area (Å²) in [6.45, 7) is 14.9. The van der Waals surface area contributed by atoms with Crippen molar-refractivity contribution in [3.8, 4) is 0 Å². The van der Waals surface area contributed by atoms with Crippen molar-refractivity contribution in [1.82, 2.24) is 0 Å². The smallest absolute Gasteiger partial charge is 0.338 e. The van der Waals surface area contributed by atoms with Gasteiger partial charge in [0, 0.05) is 57.9 Å². The molecule has 0 bridgehead atoms. The number of hydrogen-bond donors (Lipinski definition) is 0. The van der Waals surface area contributed by atoms with Gasteiger partial charge in [0.15, 0.2) is 35.0 Å². The van der Waals surface area contributed by atoms with Crippen LogP contribution in [0.15, 0.2) is 54.6 Å². The number of carbonyl (C=O) groups excluding carboxylic acids is 8. The van der Waals surface area contributed by atoms with Crippen molar-refractivity contribution < 1.29 is 66.8 Å². The van der Waals surface area contributed by atoms with E-state index in [1.807, 2.05) is 0 Å². The fourth-order valence-corrected chi connectivity index (χ4v) is 6.71. The van der Waals surface area contributed by atoms with Gasteiger partial charge in [-0.05, 0) is 32.9 Å². The summed E-state index contributed by atoms with van der Waals surface area (Å²) in [5, 5.41) is 0. The van der Waals surface area contributed by atoms with E-state index in [0.29, 0.717) is 0 Å². The molecule has 1 aromatic carbocycles. The molecule has 51 heavy (non-hydrogen) atoms. The van der Waals surface area contributed by atoms with Crippen LogP contribution in [0, 0.1) is 17.3 Å². The van der Waals surface area contributed by atoms with Gasteiger partial charge in [0.25, 0.3) is 0 Å². The molecule has 276 valence electrons. The minimum atomic E-state index is -2.39. The van der Waals surface area contributed by atoms with Crippen LogP contribution in [-0.2, 0) is 62.0 Å². The summed E-state index contributed by atoms with van der Waals surface area (Å²) in [6.07, 6.45) is -5.20. The van der Waals surface area contributed by atoms with E-state index in [-0.39, 0.29) is 5.56 Å². The summed E-state index contributed by atoms with van der Waals surface area (Å²) >= 11 is 0. The van der Waals surface area contributed by atoms with E-state index in [9.17, 15) is 38.4 Å². The molecule has 0 spiro atoms. The fourth-order valence-electron chi connectivity index (χ4n) is 6.71. The Hall–Kier alpha value is -5.14. The lowest BCUT2D eigenvalue weighted by Gasteiger charge is -2.42. The van der Waals surface area contributed by atoms with Gasteiger partial charge in [-0.25, -0.2) is 4.79 Å². The van der Waals surface area contributed by atoms with Gasteiger partial charge in [0.05, 0.1) is 11.5 Å². The minimum absolute atomic E-state index is 0.0937. The van der Waals surface area contributed by atoms with Gasteiger partial charge in [0.1, 0.15) is 6.10 Å². The molecular formula is C37H44O14. The normalized spacial score (nSPS) is 30.4. The largest absolute Gasteiger partial charge is 0.458 e. The first-order valence-electron chi connectivity index (χ1n) is 16.2. The third-order valence-corrected chi connectivity index (χ3v) is 8.77. The first-order valence-corrected chi connectivity index (χ1v) is 16.2. The molecule has 1 fully saturated rings. The van der Waals surface area contributed by atoms with Crippen LogP contribution in [0.1, 0.15) is 79.1 Å². The average Bonchev–Trinajstić information content (AvgIpc) is 3.24. The lowest BCUT2D eigenvalue weighted by molar-refractivity contribution is -0.188. The molecule has 0 radical (unpaired) electrons. The van der Waals surface area contributed by atoms with Gasteiger partial charge >= 0.3 is 35.8 Å². The van der Waals surface area contributed by atoms with Crippen LogP contribution >= 0.6 is 0 Å². The van der Waals surface area contributed by atoms with E-state index in [0.717, 1.165) is 34.6 Å². The van der Waals surface area contributed by atoms with E-state index in [4.69, 9.17) is 28.4 Å². The molecule has 1 saturated carbocycles. The third-order valence-electron chi connectivity index (χ3n) is 8.77. The van der Waals surface area contributed by atoms with Crippen LogP contribution in [-0.4, -0.2) is 83.0 Å². The van der Waals surface area contributed by atoms with Gasteiger partial charge in [0.2, 0.25) is 6.10 Å². The summed E-state index contributed by atoms with van der Waals surface area (Å²) in [5.41, 5.74) is -6.16. The molecule has 14 nitrogen and oxygen atoms in total. The van der Waals surface area contributed by atoms with Crippen molar-refractivity contribution in [2.45, 2.75) is 104 Å². The van der Waals surface area contributed by atoms with Crippen molar-refractivity contribution in [3.63, 3.8) is 0 Å². The van der Waals surface area contributed by atoms with Crippen LogP contribution < -0.4 is 0 Å². The van der Waals surface area contributed by atoms with E-state index in [1.54, 1.807) is 18.2 Å². The van der Waals surface area contributed by atoms with Crippen molar-refractivity contribution in [1.29, 1.82) is 0 Å². The van der Waals surface area contributed by atoms with Crippen LogP contribution in [0.3, 0.4) is 0 Å². The lowest BCUT2D eigenvalue weighted by Crippen LogP contribution is -2.58. The molecule has 0 N–H and O–H groups in total. The number of benzene rings is 1. The average molecular weight is 713 g/mol. The summed E-state index contributed by atoms with van der Waals surface area (Å²) in [6, 6.07) is 7.77. The minimum Gasteiger partial charge on any atom is -0.458 e.